The number of hydrogen-bond donors (Lipinski definition) is 2. The molecule has 2 heterocycles. The van der Waals surface area contributed by atoms with Gasteiger partial charge in [0.2, 0.25) is 0 Å². The first kappa shape index (κ1) is 26.6. The lowest BCUT2D eigenvalue weighted by Crippen LogP contribution is -2.33. The summed E-state index contributed by atoms with van der Waals surface area (Å²) >= 11 is 0. The maximum Gasteiger partial charge on any atom is 0.405 e. The van der Waals surface area contributed by atoms with E-state index in [0.29, 0.717) is 0 Å². The molecule has 37 heavy (non-hydrogen) atoms. The van der Waals surface area contributed by atoms with Crippen LogP contribution in [0.3, 0.4) is 0 Å². The van der Waals surface area contributed by atoms with Gasteiger partial charge in [-0.3, -0.25) is 9.59 Å². The number of amides is 1. The van der Waals surface area contributed by atoms with E-state index >= 15 is 0 Å². The number of carbonyl (C=O) groups excluding carboxylic acids is 1. The van der Waals surface area contributed by atoms with Crippen molar-refractivity contribution in [3.05, 3.63) is 46.5 Å². The van der Waals surface area contributed by atoms with Crippen LogP contribution in [0, 0.1) is 5.92 Å². The van der Waals surface area contributed by atoms with Gasteiger partial charge in [-0.15, -0.1) is 0 Å². The summed E-state index contributed by atoms with van der Waals surface area (Å²) in [6.45, 7) is -0.489. The lowest BCUT2D eigenvalue weighted by Gasteiger charge is -2.15. The lowest BCUT2D eigenvalue weighted by molar-refractivity contribution is -0.123. The largest absolute Gasteiger partial charge is 0.492 e. The zero-order valence-electron chi connectivity index (χ0n) is 19.6. The minimum absolute atomic E-state index is 0.0574. The number of benzene rings is 1. The minimum Gasteiger partial charge on any atom is -0.492 e. The Morgan fingerprint density at radius 3 is 2.51 bits per heavy atom. The second-order valence-electron chi connectivity index (χ2n) is 8.76. The van der Waals surface area contributed by atoms with Crippen LogP contribution in [-0.2, 0) is 16.9 Å². The number of halogens is 5. The van der Waals surface area contributed by atoms with Gasteiger partial charge in [0, 0.05) is 36.2 Å². The minimum atomic E-state index is -4.65. The highest BCUT2D eigenvalue weighted by Gasteiger charge is 2.57. The molecule has 2 N–H and O–H groups in total. The van der Waals surface area contributed by atoms with Gasteiger partial charge in [0.25, 0.3) is 17.4 Å². The Bertz CT molecular complexity index is 1540. The molecule has 1 amide bonds. The molecule has 2 aromatic heterocycles. The van der Waals surface area contributed by atoms with Crippen LogP contribution in [0.15, 0.2) is 40.2 Å². The highest BCUT2D eigenvalue weighted by Crippen LogP contribution is 2.49. The topological polar surface area (TPSA) is 110 Å². The van der Waals surface area contributed by atoms with E-state index < -0.39 is 45.9 Å². The molecular formula is C23H22F5N3O5S. The zero-order chi connectivity index (χ0) is 27.3. The van der Waals surface area contributed by atoms with Crippen molar-refractivity contribution in [1.29, 1.82) is 0 Å². The number of fused-ring (bicyclic) bond motifs is 1. The first-order valence-corrected chi connectivity index (χ1v) is 12.7. The molecule has 0 bridgehead atoms. The van der Waals surface area contributed by atoms with Crippen molar-refractivity contribution in [3.63, 3.8) is 0 Å². The average molecular weight is 548 g/mol. The normalized spacial score (nSPS) is 17.1. The molecule has 1 saturated carbocycles. The number of nitrogens with zero attached hydrogens (tertiary/aromatic N) is 1. The summed E-state index contributed by atoms with van der Waals surface area (Å²) < 4.78 is 96.3. The average Bonchev–Trinajstić information content (AvgIpc) is 3.22. The number of nitrogens with one attached hydrogen (secondary N) is 2. The van der Waals surface area contributed by atoms with Crippen molar-refractivity contribution in [3.8, 4) is 16.9 Å². The molecule has 0 aliphatic heterocycles. The third-order valence-electron chi connectivity index (χ3n) is 6.03. The van der Waals surface area contributed by atoms with Gasteiger partial charge in [0.05, 0.1) is 23.2 Å². The maximum absolute atomic E-state index is 13.4. The second kappa shape index (κ2) is 9.15. The van der Waals surface area contributed by atoms with Crippen molar-refractivity contribution in [2.75, 3.05) is 18.9 Å². The Hall–Kier alpha value is -3.42. The molecule has 0 spiro atoms. The van der Waals surface area contributed by atoms with Gasteiger partial charge in [-0.2, -0.15) is 13.2 Å². The van der Waals surface area contributed by atoms with E-state index in [9.17, 15) is 40.0 Å². The molecule has 1 aliphatic carbocycles. The molecule has 1 aromatic carbocycles. The standard InChI is InChI=1S/C23H22F5N3O5S/c1-3-37(34,35)13-4-5-18(36-10-12-8-22(12,24)25)14(6-13)16-9-31(2)21(33)19-15(16)7-17(30-19)20(32)29-11-23(26,27)28/h4-7,9,12,30H,3,8,10-11H2,1-2H3,(H,29,32). The van der Waals surface area contributed by atoms with Gasteiger partial charge < -0.3 is 19.6 Å². The molecule has 1 atom stereocenters. The number of sulfone groups is 1. The van der Waals surface area contributed by atoms with E-state index in [1.807, 2.05) is 0 Å². The van der Waals surface area contributed by atoms with E-state index in [0.717, 1.165) is 10.6 Å². The summed E-state index contributed by atoms with van der Waals surface area (Å²) in [7, 11) is -2.32. The number of aromatic nitrogens is 2. The molecule has 14 heteroatoms. The second-order valence-corrected chi connectivity index (χ2v) is 11.0. The van der Waals surface area contributed by atoms with Gasteiger partial charge in [-0.1, -0.05) is 6.92 Å². The number of pyridine rings is 1. The smallest absolute Gasteiger partial charge is 0.405 e. The number of carbonyl (C=O) groups is 1. The van der Waals surface area contributed by atoms with Crippen LogP contribution in [0.2, 0.25) is 0 Å². The van der Waals surface area contributed by atoms with E-state index in [4.69, 9.17) is 4.74 Å². The summed E-state index contributed by atoms with van der Waals surface area (Å²) in [5, 5.41) is 1.81. The van der Waals surface area contributed by atoms with Crippen molar-refractivity contribution in [2.24, 2.45) is 13.0 Å². The van der Waals surface area contributed by atoms with Crippen molar-refractivity contribution >= 4 is 26.6 Å². The SMILES string of the molecule is CCS(=O)(=O)c1ccc(OCC2CC2(F)F)c(-c2cn(C)c(=O)c3[nH]c(C(=O)NCC(F)(F)F)cc23)c1. The lowest BCUT2D eigenvalue weighted by atomic mass is 10.0. The molecule has 4 rings (SSSR count). The van der Waals surface area contributed by atoms with Gasteiger partial charge in [-0.05, 0) is 24.3 Å². The third kappa shape index (κ3) is 5.48. The Balaban J connectivity index is 1.85. The molecule has 1 fully saturated rings. The van der Waals surface area contributed by atoms with Crippen molar-refractivity contribution < 1.29 is 39.9 Å². The van der Waals surface area contributed by atoms with Gasteiger partial charge in [0.1, 0.15) is 23.5 Å². The Morgan fingerprint density at radius 1 is 1.24 bits per heavy atom. The van der Waals surface area contributed by atoms with E-state index in [1.54, 1.807) is 5.32 Å². The van der Waals surface area contributed by atoms with Gasteiger partial charge in [-0.25, -0.2) is 17.2 Å². The first-order chi connectivity index (χ1) is 17.1. The molecule has 200 valence electrons. The predicted octanol–water partition coefficient (Wildman–Crippen LogP) is 3.65. The van der Waals surface area contributed by atoms with Crippen LogP contribution in [-0.4, -0.2) is 54.9 Å². The molecule has 8 nitrogen and oxygen atoms in total. The maximum atomic E-state index is 13.4. The van der Waals surface area contributed by atoms with Crippen LogP contribution in [0.1, 0.15) is 23.8 Å². The fourth-order valence-electron chi connectivity index (χ4n) is 3.79. The monoisotopic (exact) mass is 547 g/mol. The number of aryl methyl sites for hydroxylation is 1. The molecule has 3 aromatic rings. The molecular weight excluding hydrogens is 525 g/mol. The summed E-state index contributed by atoms with van der Waals surface area (Å²) in [4.78, 5) is 27.5. The third-order valence-corrected chi connectivity index (χ3v) is 7.77. The fraction of sp³-hybridized carbons (Fsp3) is 0.391. The fourth-order valence-corrected chi connectivity index (χ4v) is 4.70. The van der Waals surface area contributed by atoms with Crippen molar-refractivity contribution in [2.45, 2.75) is 30.3 Å². The van der Waals surface area contributed by atoms with Crippen LogP contribution < -0.4 is 15.6 Å². The molecule has 1 unspecified atom stereocenters. The molecule has 0 saturated heterocycles. The van der Waals surface area contributed by atoms with Gasteiger partial charge >= 0.3 is 6.18 Å². The van der Waals surface area contributed by atoms with E-state index in [1.165, 1.54) is 38.4 Å². The quantitative estimate of drug-likeness (QED) is 0.419. The molecule has 1 aliphatic rings. The summed E-state index contributed by atoms with van der Waals surface area (Å²) in [6, 6.07) is 5.03. The Morgan fingerprint density at radius 2 is 1.92 bits per heavy atom. The van der Waals surface area contributed by atoms with E-state index in [2.05, 4.69) is 4.98 Å². The summed E-state index contributed by atoms with van der Waals surface area (Å²) in [5.41, 5.74) is -0.720. The first-order valence-electron chi connectivity index (χ1n) is 11.1. The number of H-pyrrole nitrogens is 1. The van der Waals surface area contributed by atoms with Crippen LogP contribution in [0.5, 0.6) is 5.75 Å². The van der Waals surface area contributed by atoms with Crippen LogP contribution >= 0.6 is 0 Å². The highest BCUT2D eigenvalue weighted by atomic mass is 32.2. The number of aromatic amines is 1. The number of alkyl halides is 5. The zero-order valence-corrected chi connectivity index (χ0v) is 20.4. The predicted molar refractivity (Wildman–Crippen MR) is 124 cm³/mol. The van der Waals surface area contributed by atoms with Crippen LogP contribution in [0.25, 0.3) is 22.0 Å². The Kier molecular flexibility index (Phi) is 6.59. The number of ether oxygens (including phenoxy) is 1. The number of hydrogen-bond acceptors (Lipinski definition) is 5. The summed E-state index contributed by atoms with van der Waals surface area (Å²) in [6.07, 6.45) is -3.66. The molecule has 0 radical (unpaired) electrons. The van der Waals surface area contributed by atoms with Crippen molar-refractivity contribution in [1.82, 2.24) is 14.9 Å². The van der Waals surface area contributed by atoms with Gasteiger partial charge in [0.15, 0.2) is 9.84 Å². The number of rotatable bonds is 8. The Labute approximate surface area is 207 Å². The highest BCUT2D eigenvalue weighted by molar-refractivity contribution is 7.91. The van der Waals surface area contributed by atoms with Crippen LogP contribution in [0.4, 0.5) is 22.0 Å². The van der Waals surface area contributed by atoms with E-state index in [-0.39, 0.29) is 57.1 Å². The summed E-state index contributed by atoms with van der Waals surface area (Å²) in [5.74, 6) is -5.14.